The van der Waals surface area contributed by atoms with Crippen LogP contribution in [0.5, 0.6) is 5.75 Å². The van der Waals surface area contributed by atoms with E-state index < -0.39 is 17.6 Å². The molecule has 1 aliphatic heterocycles. The molecule has 94 valence electrons. The zero-order valence-corrected chi connectivity index (χ0v) is 9.60. The van der Waals surface area contributed by atoms with Gasteiger partial charge in [-0.2, -0.15) is 0 Å². The first-order valence-electron chi connectivity index (χ1n) is 5.12. The number of ether oxygens (including phenoxy) is 1. The Morgan fingerprint density at radius 1 is 1.44 bits per heavy atom. The van der Waals surface area contributed by atoms with E-state index in [0.29, 0.717) is 11.4 Å². The van der Waals surface area contributed by atoms with Gasteiger partial charge in [-0.25, -0.2) is 5.84 Å². The van der Waals surface area contributed by atoms with E-state index in [9.17, 15) is 14.4 Å². The van der Waals surface area contributed by atoms with Crippen LogP contribution in [0.15, 0.2) is 18.2 Å². The lowest BCUT2D eigenvalue weighted by molar-refractivity contribution is -0.122. The lowest BCUT2D eigenvalue weighted by atomic mass is 10.1. The first kappa shape index (κ1) is 12.1. The third kappa shape index (κ3) is 1.80. The average molecular weight is 249 g/mol. The molecule has 0 atom stereocenters. The topological polar surface area (TPSA) is 102 Å². The number of hydrogen-bond donors (Lipinski definition) is 2. The van der Waals surface area contributed by atoms with E-state index >= 15 is 0 Å². The Morgan fingerprint density at radius 3 is 2.78 bits per heavy atom. The van der Waals surface area contributed by atoms with Gasteiger partial charge in [0.15, 0.2) is 0 Å². The van der Waals surface area contributed by atoms with Crippen LogP contribution in [0.2, 0.25) is 0 Å². The fraction of sp³-hybridized carbons (Fsp3) is 0.182. The van der Waals surface area contributed by atoms with Crippen LogP contribution in [-0.4, -0.2) is 31.3 Å². The lowest BCUT2D eigenvalue weighted by Gasteiger charge is -2.15. The van der Waals surface area contributed by atoms with Crippen molar-refractivity contribution in [2.75, 3.05) is 18.6 Å². The van der Waals surface area contributed by atoms with Crippen molar-refractivity contribution < 1.29 is 19.1 Å². The standard InChI is InChI=1S/C11H11N3O4/c1-18-6-2-3-7-8(4-6)14(5-9(15)13-12)11(17)10(7)16/h2-4H,5,12H2,1H3,(H,13,15). The van der Waals surface area contributed by atoms with E-state index in [-0.39, 0.29) is 12.1 Å². The van der Waals surface area contributed by atoms with Crippen LogP contribution in [0, 0.1) is 0 Å². The summed E-state index contributed by atoms with van der Waals surface area (Å²) in [6.07, 6.45) is 0. The maximum Gasteiger partial charge on any atom is 0.299 e. The molecule has 1 heterocycles. The van der Waals surface area contributed by atoms with E-state index in [4.69, 9.17) is 10.6 Å². The lowest BCUT2D eigenvalue weighted by Crippen LogP contribution is -2.42. The number of carbonyl (C=O) groups is 3. The van der Waals surface area contributed by atoms with Crippen LogP contribution in [0.1, 0.15) is 10.4 Å². The van der Waals surface area contributed by atoms with Gasteiger partial charge in [0.1, 0.15) is 12.3 Å². The number of fused-ring (bicyclic) bond motifs is 1. The van der Waals surface area contributed by atoms with Gasteiger partial charge < -0.3 is 4.74 Å². The van der Waals surface area contributed by atoms with Gasteiger partial charge in [-0.3, -0.25) is 24.7 Å². The minimum atomic E-state index is -0.748. The molecule has 0 unspecified atom stereocenters. The van der Waals surface area contributed by atoms with E-state index in [1.165, 1.54) is 19.2 Å². The molecule has 0 fully saturated rings. The van der Waals surface area contributed by atoms with Crippen molar-refractivity contribution in [3.63, 3.8) is 0 Å². The maximum atomic E-state index is 11.7. The highest BCUT2D eigenvalue weighted by Crippen LogP contribution is 2.32. The maximum absolute atomic E-state index is 11.7. The molecule has 1 aromatic rings. The van der Waals surface area contributed by atoms with Crippen molar-refractivity contribution >= 4 is 23.3 Å². The molecule has 0 bridgehead atoms. The number of rotatable bonds is 3. The fourth-order valence-corrected chi connectivity index (χ4v) is 1.75. The van der Waals surface area contributed by atoms with E-state index in [0.717, 1.165) is 4.90 Å². The molecule has 3 N–H and O–H groups in total. The molecule has 0 radical (unpaired) electrons. The molecule has 7 nitrogen and oxygen atoms in total. The van der Waals surface area contributed by atoms with Gasteiger partial charge in [0, 0.05) is 6.07 Å². The van der Waals surface area contributed by atoms with Crippen molar-refractivity contribution in [1.82, 2.24) is 5.43 Å². The fourth-order valence-electron chi connectivity index (χ4n) is 1.75. The first-order chi connectivity index (χ1) is 8.58. The predicted molar refractivity (Wildman–Crippen MR) is 62.0 cm³/mol. The summed E-state index contributed by atoms with van der Waals surface area (Å²) in [5, 5.41) is 0. The van der Waals surface area contributed by atoms with Crippen LogP contribution in [0.3, 0.4) is 0 Å². The second kappa shape index (κ2) is 4.46. The Morgan fingerprint density at radius 2 is 2.17 bits per heavy atom. The number of anilines is 1. The van der Waals surface area contributed by atoms with Gasteiger partial charge in [0.25, 0.3) is 17.6 Å². The molecule has 7 heteroatoms. The summed E-state index contributed by atoms with van der Waals surface area (Å²) in [5.41, 5.74) is 2.52. The zero-order chi connectivity index (χ0) is 13.3. The molecule has 1 aliphatic rings. The third-order valence-corrected chi connectivity index (χ3v) is 2.64. The van der Waals surface area contributed by atoms with E-state index in [2.05, 4.69) is 0 Å². The monoisotopic (exact) mass is 249 g/mol. The quantitative estimate of drug-likeness (QED) is 0.316. The summed E-state index contributed by atoms with van der Waals surface area (Å²) >= 11 is 0. The summed E-state index contributed by atoms with van der Waals surface area (Å²) < 4.78 is 5.02. The summed E-state index contributed by atoms with van der Waals surface area (Å²) in [6, 6.07) is 4.60. The second-order valence-corrected chi connectivity index (χ2v) is 3.67. The summed E-state index contributed by atoms with van der Waals surface area (Å²) in [7, 11) is 1.47. The normalized spacial score (nSPS) is 13.6. The van der Waals surface area contributed by atoms with Gasteiger partial charge in [-0.05, 0) is 12.1 Å². The summed E-state index contributed by atoms with van der Waals surface area (Å²) in [5.74, 6) is 3.50. The molecule has 0 aromatic heterocycles. The first-order valence-corrected chi connectivity index (χ1v) is 5.12. The van der Waals surface area contributed by atoms with Gasteiger partial charge in [-0.15, -0.1) is 0 Å². The number of methoxy groups -OCH3 is 1. The van der Waals surface area contributed by atoms with Gasteiger partial charge >= 0.3 is 0 Å². The number of amides is 2. The van der Waals surface area contributed by atoms with Crippen molar-refractivity contribution in [3.05, 3.63) is 23.8 Å². The van der Waals surface area contributed by atoms with Crippen molar-refractivity contribution in [1.29, 1.82) is 0 Å². The number of nitrogens with zero attached hydrogens (tertiary/aromatic N) is 1. The van der Waals surface area contributed by atoms with Crippen molar-refractivity contribution in [2.24, 2.45) is 5.84 Å². The number of ketones is 1. The molecule has 1 aromatic carbocycles. The summed E-state index contributed by atoms with van der Waals surface area (Å²) in [4.78, 5) is 35.7. The highest BCUT2D eigenvalue weighted by atomic mass is 16.5. The zero-order valence-electron chi connectivity index (χ0n) is 9.60. The van der Waals surface area contributed by atoms with Crippen molar-refractivity contribution in [3.8, 4) is 5.75 Å². The minimum absolute atomic E-state index is 0.255. The SMILES string of the molecule is COc1ccc2c(c1)N(CC(=O)NN)C(=O)C2=O. The van der Waals surface area contributed by atoms with Crippen LogP contribution in [-0.2, 0) is 9.59 Å². The Hall–Kier alpha value is -2.41. The number of nitrogens with two attached hydrogens (primary N) is 1. The minimum Gasteiger partial charge on any atom is -0.497 e. The highest BCUT2D eigenvalue weighted by molar-refractivity contribution is 6.52. The van der Waals surface area contributed by atoms with Gasteiger partial charge in [0.2, 0.25) is 0 Å². The number of nitrogens with one attached hydrogen (secondary N) is 1. The Labute approximate surface area is 102 Å². The van der Waals surface area contributed by atoms with Crippen molar-refractivity contribution in [2.45, 2.75) is 0 Å². The molecule has 0 spiro atoms. The van der Waals surface area contributed by atoms with E-state index in [1.54, 1.807) is 6.07 Å². The summed E-state index contributed by atoms with van der Waals surface area (Å²) in [6.45, 7) is -0.304. The molecule has 18 heavy (non-hydrogen) atoms. The number of Topliss-reactive ketones (excluding diaryl/α,β-unsaturated/α-hetero) is 1. The van der Waals surface area contributed by atoms with Crippen LogP contribution in [0.25, 0.3) is 0 Å². The van der Waals surface area contributed by atoms with Gasteiger partial charge in [-0.1, -0.05) is 0 Å². The molecular formula is C11H11N3O4. The largest absolute Gasteiger partial charge is 0.497 e. The number of benzene rings is 1. The number of hydrogen-bond acceptors (Lipinski definition) is 5. The Balaban J connectivity index is 2.42. The molecule has 2 rings (SSSR count). The predicted octanol–water partition coefficient (Wildman–Crippen LogP) is -0.786. The Bertz CT molecular complexity index is 541. The molecule has 0 saturated carbocycles. The second-order valence-electron chi connectivity index (χ2n) is 3.67. The van der Waals surface area contributed by atoms with Gasteiger partial charge in [0.05, 0.1) is 18.4 Å². The molecule has 0 aliphatic carbocycles. The molecule has 0 saturated heterocycles. The van der Waals surface area contributed by atoms with Crippen LogP contribution >= 0.6 is 0 Å². The van der Waals surface area contributed by atoms with E-state index in [1.807, 2.05) is 5.43 Å². The molecule has 2 amide bonds. The molecular weight excluding hydrogens is 238 g/mol. The smallest absolute Gasteiger partial charge is 0.299 e. The highest BCUT2D eigenvalue weighted by Gasteiger charge is 2.36. The number of carbonyl (C=O) groups excluding carboxylic acids is 3. The van der Waals surface area contributed by atoms with Crippen LogP contribution < -0.4 is 20.9 Å². The van der Waals surface area contributed by atoms with Crippen LogP contribution in [0.4, 0.5) is 5.69 Å². The number of hydrazine groups is 1. The third-order valence-electron chi connectivity index (χ3n) is 2.64. The Kier molecular flexibility index (Phi) is 2.99. The average Bonchev–Trinajstić information content (AvgIpc) is 2.63.